The third-order valence-corrected chi connectivity index (χ3v) is 7.74. The van der Waals surface area contributed by atoms with Crippen molar-refractivity contribution in [3.63, 3.8) is 0 Å². The SMILES string of the molecule is C[C@@H](Cc1ccc2cc(C#CCCNC(=O)OCc3ccccc3)ccc2c1)C(=O)Nc1ccc(CCCN(C)C(=O)OC(C)(C)C)cc1. The van der Waals surface area contributed by atoms with E-state index in [4.69, 9.17) is 9.47 Å². The zero-order valence-corrected chi connectivity index (χ0v) is 29.2. The summed E-state index contributed by atoms with van der Waals surface area (Å²) >= 11 is 0. The highest BCUT2D eigenvalue weighted by Crippen LogP contribution is 2.21. The zero-order valence-electron chi connectivity index (χ0n) is 29.2. The second kappa shape index (κ2) is 17.7. The van der Waals surface area contributed by atoms with E-state index < -0.39 is 11.7 Å². The fourth-order valence-corrected chi connectivity index (χ4v) is 5.08. The zero-order chi connectivity index (χ0) is 35.2. The van der Waals surface area contributed by atoms with E-state index in [1.54, 1.807) is 11.9 Å². The van der Waals surface area contributed by atoms with Gasteiger partial charge in [0.15, 0.2) is 0 Å². The summed E-state index contributed by atoms with van der Waals surface area (Å²) < 4.78 is 10.6. The van der Waals surface area contributed by atoms with E-state index in [1.807, 2.05) is 100 Å². The molecule has 0 fully saturated rings. The Bertz CT molecular complexity index is 1770. The van der Waals surface area contributed by atoms with Crippen molar-refractivity contribution in [3.05, 3.63) is 113 Å². The molecule has 0 aliphatic heterocycles. The maximum atomic E-state index is 13.0. The van der Waals surface area contributed by atoms with E-state index in [0.717, 1.165) is 51.6 Å². The molecule has 2 N–H and O–H groups in total. The van der Waals surface area contributed by atoms with Crippen LogP contribution < -0.4 is 10.6 Å². The molecular weight excluding hydrogens is 614 g/mol. The molecule has 256 valence electrons. The van der Waals surface area contributed by atoms with E-state index in [0.29, 0.717) is 25.9 Å². The first-order valence-electron chi connectivity index (χ1n) is 16.8. The molecule has 0 aromatic heterocycles. The predicted molar refractivity (Wildman–Crippen MR) is 195 cm³/mol. The number of alkyl carbamates (subject to hydrolysis) is 1. The highest BCUT2D eigenvalue weighted by atomic mass is 16.6. The number of benzene rings is 4. The van der Waals surface area contributed by atoms with Crippen molar-refractivity contribution >= 4 is 34.6 Å². The minimum Gasteiger partial charge on any atom is -0.445 e. The van der Waals surface area contributed by atoms with Crippen LogP contribution in [0.3, 0.4) is 0 Å². The monoisotopic (exact) mass is 661 g/mol. The van der Waals surface area contributed by atoms with Crippen LogP contribution in [0, 0.1) is 17.8 Å². The van der Waals surface area contributed by atoms with Crippen LogP contribution in [0.4, 0.5) is 15.3 Å². The topological polar surface area (TPSA) is 97.0 Å². The van der Waals surface area contributed by atoms with Gasteiger partial charge in [0.25, 0.3) is 0 Å². The Kier molecular flexibility index (Phi) is 13.2. The number of hydrogen-bond acceptors (Lipinski definition) is 5. The van der Waals surface area contributed by atoms with Crippen LogP contribution in [0.2, 0.25) is 0 Å². The van der Waals surface area contributed by atoms with E-state index in [1.165, 1.54) is 0 Å². The van der Waals surface area contributed by atoms with Crippen molar-refractivity contribution in [2.24, 2.45) is 5.92 Å². The number of nitrogens with one attached hydrogen (secondary N) is 2. The Labute approximate surface area is 290 Å². The number of rotatable bonds is 12. The molecule has 0 saturated heterocycles. The van der Waals surface area contributed by atoms with Gasteiger partial charge in [0, 0.05) is 43.7 Å². The number of carbonyl (C=O) groups excluding carboxylic acids is 3. The quantitative estimate of drug-likeness (QED) is 0.118. The molecule has 0 aliphatic carbocycles. The second-order valence-corrected chi connectivity index (χ2v) is 13.2. The first-order valence-corrected chi connectivity index (χ1v) is 16.8. The van der Waals surface area contributed by atoms with Crippen molar-refractivity contribution in [2.75, 3.05) is 25.5 Å². The number of hydrogen-bond donors (Lipinski definition) is 2. The normalized spacial score (nSPS) is 11.5. The van der Waals surface area contributed by atoms with Gasteiger partial charge in [-0.15, -0.1) is 0 Å². The van der Waals surface area contributed by atoms with Crippen molar-refractivity contribution in [3.8, 4) is 11.8 Å². The summed E-state index contributed by atoms with van der Waals surface area (Å²) in [6.07, 6.45) is 1.99. The van der Waals surface area contributed by atoms with Gasteiger partial charge in [0.2, 0.25) is 5.91 Å². The number of nitrogens with zero attached hydrogens (tertiary/aromatic N) is 1. The van der Waals surface area contributed by atoms with Gasteiger partial charge in [-0.05, 0) is 91.8 Å². The van der Waals surface area contributed by atoms with Crippen molar-refractivity contribution in [1.82, 2.24) is 10.2 Å². The first-order chi connectivity index (χ1) is 23.4. The lowest BCUT2D eigenvalue weighted by Gasteiger charge is -2.24. The minimum atomic E-state index is -0.510. The number of ether oxygens (including phenoxy) is 2. The fourth-order valence-electron chi connectivity index (χ4n) is 5.08. The molecule has 0 unspecified atom stereocenters. The molecule has 0 radical (unpaired) electrons. The van der Waals surface area contributed by atoms with Gasteiger partial charge in [0.1, 0.15) is 12.2 Å². The van der Waals surface area contributed by atoms with Crippen LogP contribution in [0.25, 0.3) is 10.8 Å². The van der Waals surface area contributed by atoms with Crippen LogP contribution in [-0.4, -0.2) is 48.7 Å². The minimum absolute atomic E-state index is 0.0311. The van der Waals surface area contributed by atoms with E-state index in [2.05, 4.69) is 40.7 Å². The molecule has 0 saturated carbocycles. The third-order valence-electron chi connectivity index (χ3n) is 7.74. The Morgan fingerprint density at radius 3 is 2.29 bits per heavy atom. The van der Waals surface area contributed by atoms with Gasteiger partial charge in [-0.25, -0.2) is 9.59 Å². The number of fused-ring (bicyclic) bond motifs is 1. The molecule has 49 heavy (non-hydrogen) atoms. The third kappa shape index (κ3) is 12.7. The smallest absolute Gasteiger partial charge is 0.410 e. The lowest BCUT2D eigenvalue weighted by molar-refractivity contribution is -0.119. The molecule has 8 nitrogen and oxygen atoms in total. The molecule has 3 amide bonds. The lowest BCUT2D eigenvalue weighted by Crippen LogP contribution is -2.34. The molecule has 4 aromatic rings. The highest BCUT2D eigenvalue weighted by Gasteiger charge is 2.19. The van der Waals surface area contributed by atoms with Crippen LogP contribution in [0.5, 0.6) is 0 Å². The summed E-state index contributed by atoms with van der Waals surface area (Å²) in [4.78, 5) is 38.6. The summed E-state index contributed by atoms with van der Waals surface area (Å²) in [6, 6.07) is 29.7. The average molecular weight is 662 g/mol. The van der Waals surface area contributed by atoms with Gasteiger partial charge in [-0.2, -0.15) is 0 Å². The van der Waals surface area contributed by atoms with Gasteiger partial charge in [-0.3, -0.25) is 4.79 Å². The molecule has 0 heterocycles. The average Bonchev–Trinajstić information content (AvgIpc) is 3.07. The fraction of sp³-hybridized carbons (Fsp3) is 0.341. The van der Waals surface area contributed by atoms with E-state index in [-0.39, 0.29) is 24.5 Å². The number of anilines is 1. The lowest BCUT2D eigenvalue weighted by atomic mass is 9.97. The molecule has 4 rings (SSSR count). The van der Waals surface area contributed by atoms with Gasteiger partial charge in [-0.1, -0.05) is 85.5 Å². The maximum Gasteiger partial charge on any atom is 0.410 e. The van der Waals surface area contributed by atoms with Crippen LogP contribution in [0.1, 0.15) is 62.8 Å². The largest absolute Gasteiger partial charge is 0.445 e. The first kappa shape index (κ1) is 36.5. The van der Waals surface area contributed by atoms with Gasteiger partial charge in [0.05, 0.1) is 0 Å². The Balaban J connectivity index is 1.18. The van der Waals surface area contributed by atoms with E-state index >= 15 is 0 Å². The molecular formula is C41H47N3O5. The summed E-state index contributed by atoms with van der Waals surface area (Å²) in [7, 11) is 1.75. The summed E-state index contributed by atoms with van der Waals surface area (Å²) in [5.41, 5.74) is 4.32. The Morgan fingerprint density at radius 1 is 0.857 bits per heavy atom. The second-order valence-electron chi connectivity index (χ2n) is 13.2. The van der Waals surface area contributed by atoms with Gasteiger partial charge >= 0.3 is 12.2 Å². The van der Waals surface area contributed by atoms with Gasteiger partial charge < -0.3 is 25.0 Å². The summed E-state index contributed by atoms with van der Waals surface area (Å²) in [5.74, 6) is 6.03. The standard InChI is InChI=1S/C41H47N3O5/c1-30(38(45)43-37-22-18-31(19-23-37)15-11-25-44(5)40(47)49-41(2,3)4)26-34-17-21-35-27-32(16-20-36(35)28-34)12-9-10-24-42-39(46)48-29-33-13-7-6-8-14-33/h6-8,13-14,16-23,27-28,30H,10-11,15,24-26,29H2,1-5H3,(H,42,46)(H,43,45)/t30-/m0/s1. The maximum absolute atomic E-state index is 13.0. The molecule has 0 spiro atoms. The molecule has 0 bridgehead atoms. The van der Waals surface area contributed by atoms with Crippen molar-refractivity contribution < 1.29 is 23.9 Å². The Morgan fingerprint density at radius 2 is 1.55 bits per heavy atom. The molecule has 1 atom stereocenters. The van der Waals surface area contributed by atoms with Crippen LogP contribution in [-0.2, 0) is 33.7 Å². The van der Waals surface area contributed by atoms with Crippen LogP contribution >= 0.6 is 0 Å². The molecule has 4 aromatic carbocycles. The van der Waals surface area contributed by atoms with Crippen LogP contribution in [0.15, 0.2) is 91.0 Å². The number of amides is 3. The number of carbonyl (C=O) groups is 3. The predicted octanol–water partition coefficient (Wildman–Crippen LogP) is 8.12. The Hall–Kier alpha value is -5.29. The summed E-state index contributed by atoms with van der Waals surface area (Å²) in [5, 5.41) is 7.93. The van der Waals surface area contributed by atoms with Crippen molar-refractivity contribution in [1.29, 1.82) is 0 Å². The van der Waals surface area contributed by atoms with Crippen molar-refractivity contribution in [2.45, 2.75) is 65.6 Å². The highest BCUT2D eigenvalue weighted by molar-refractivity contribution is 5.92. The molecule has 8 heteroatoms. The summed E-state index contributed by atoms with van der Waals surface area (Å²) in [6.45, 7) is 8.75. The van der Waals surface area contributed by atoms with E-state index in [9.17, 15) is 14.4 Å². The molecule has 0 aliphatic rings. The number of aryl methyl sites for hydroxylation is 1.